The Morgan fingerprint density at radius 2 is 1.84 bits per heavy atom. The summed E-state index contributed by atoms with van der Waals surface area (Å²) in [7, 11) is -3.16. The molecule has 0 aliphatic heterocycles. The van der Waals surface area contributed by atoms with E-state index in [4.69, 9.17) is 5.73 Å². The first kappa shape index (κ1) is 14.7. The number of aryl methyl sites for hydroxylation is 1. The summed E-state index contributed by atoms with van der Waals surface area (Å²) in [5.74, 6) is 0. The quantitative estimate of drug-likeness (QED) is 0.914. The molecule has 0 fully saturated rings. The van der Waals surface area contributed by atoms with Crippen LogP contribution in [0.25, 0.3) is 0 Å². The van der Waals surface area contributed by atoms with Gasteiger partial charge in [0.05, 0.1) is 10.9 Å². The molecule has 1 atom stereocenters. The Hall–Kier alpha value is -0.690. The summed E-state index contributed by atoms with van der Waals surface area (Å²) in [6, 6.07) is 8.51. The van der Waals surface area contributed by atoms with Gasteiger partial charge < -0.3 is 5.73 Å². The van der Waals surface area contributed by atoms with E-state index in [1.165, 1.54) is 11.1 Å². The van der Waals surface area contributed by atoms with Gasteiger partial charge in [0.2, 0.25) is 0 Å². The van der Waals surface area contributed by atoms with Crippen molar-refractivity contribution in [2.75, 3.05) is 6.26 Å². The third-order valence-electron chi connectivity index (χ3n) is 2.79. The highest BCUT2D eigenvalue weighted by molar-refractivity contribution is 9.10. The van der Waals surface area contributed by atoms with Crippen LogP contribution in [0.4, 0.5) is 0 Å². The Morgan fingerprint density at radius 3 is 2.26 bits per heavy atom. The van der Waals surface area contributed by atoms with Crippen molar-refractivity contribution in [1.82, 2.24) is 0 Å². The monoisotopic (exact) mass is 359 g/mol. The van der Waals surface area contributed by atoms with E-state index >= 15 is 0 Å². The Morgan fingerprint density at radius 1 is 1.26 bits per heavy atom. The van der Waals surface area contributed by atoms with E-state index in [-0.39, 0.29) is 6.04 Å². The average molecular weight is 360 g/mol. The van der Waals surface area contributed by atoms with E-state index < -0.39 is 9.84 Å². The summed E-state index contributed by atoms with van der Waals surface area (Å²) in [4.78, 5) is 2.54. The lowest BCUT2D eigenvalue weighted by molar-refractivity contribution is 0.602. The van der Waals surface area contributed by atoms with Crippen LogP contribution in [-0.4, -0.2) is 14.7 Å². The van der Waals surface area contributed by atoms with Crippen molar-refractivity contribution in [3.63, 3.8) is 0 Å². The summed E-state index contributed by atoms with van der Waals surface area (Å²) >= 11 is 5.13. The fraction of sp³-hybridized carbons (Fsp3) is 0.231. The van der Waals surface area contributed by atoms with Gasteiger partial charge in [0.25, 0.3) is 0 Å². The third kappa shape index (κ3) is 3.25. The van der Waals surface area contributed by atoms with Crippen LogP contribution in [0.15, 0.2) is 39.7 Å². The van der Waals surface area contributed by atoms with Crippen LogP contribution in [0.3, 0.4) is 0 Å². The molecule has 2 rings (SSSR count). The van der Waals surface area contributed by atoms with E-state index in [9.17, 15) is 8.42 Å². The van der Waals surface area contributed by atoms with Gasteiger partial charge in [0, 0.05) is 20.5 Å². The van der Waals surface area contributed by atoms with Crippen LogP contribution in [0, 0.1) is 6.92 Å². The topological polar surface area (TPSA) is 60.2 Å². The van der Waals surface area contributed by atoms with Gasteiger partial charge in [-0.05, 0) is 46.6 Å². The lowest BCUT2D eigenvalue weighted by Gasteiger charge is -2.11. The minimum absolute atomic E-state index is 0.248. The molecule has 1 heterocycles. The molecule has 3 nitrogen and oxygen atoms in total. The van der Waals surface area contributed by atoms with Crippen LogP contribution in [-0.2, 0) is 9.84 Å². The van der Waals surface area contributed by atoms with E-state index in [2.05, 4.69) is 15.9 Å². The highest BCUT2D eigenvalue weighted by atomic mass is 79.9. The second kappa shape index (κ2) is 5.36. The highest BCUT2D eigenvalue weighted by Gasteiger charge is 2.16. The second-order valence-electron chi connectivity index (χ2n) is 4.39. The molecule has 0 bridgehead atoms. The van der Waals surface area contributed by atoms with Gasteiger partial charge in [-0.1, -0.05) is 12.1 Å². The third-order valence-corrected chi connectivity index (χ3v) is 5.97. The molecule has 1 unspecified atom stereocenters. The number of sulfone groups is 1. The van der Waals surface area contributed by atoms with Crippen LogP contribution in [0.2, 0.25) is 0 Å². The minimum Gasteiger partial charge on any atom is -0.320 e. The predicted octanol–water partition coefficient (Wildman–Crippen LogP) is 3.27. The summed E-state index contributed by atoms with van der Waals surface area (Å²) in [6.45, 7) is 2.03. The maximum absolute atomic E-state index is 11.4. The lowest BCUT2D eigenvalue weighted by Crippen LogP contribution is -2.11. The van der Waals surface area contributed by atoms with Crippen molar-refractivity contribution < 1.29 is 8.42 Å². The maximum Gasteiger partial charge on any atom is 0.175 e. The van der Waals surface area contributed by atoms with Gasteiger partial charge in [-0.15, -0.1) is 11.3 Å². The van der Waals surface area contributed by atoms with E-state index in [1.54, 1.807) is 35.6 Å². The molecular formula is C13H14BrNO2S2. The van der Waals surface area contributed by atoms with Crippen molar-refractivity contribution in [2.45, 2.75) is 17.9 Å². The summed E-state index contributed by atoms with van der Waals surface area (Å²) < 4.78 is 23.8. The van der Waals surface area contributed by atoms with Crippen molar-refractivity contribution in [3.8, 4) is 0 Å². The van der Waals surface area contributed by atoms with Crippen molar-refractivity contribution in [1.29, 1.82) is 0 Å². The average Bonchev–Trinajstić information content (AvgIpc) is 2.66. The normalized spacial score (nSPS) is 13.5. The molecule has 2 aromatic rings. The van der Waals surface area contributed by atoms with Crippen LogP contribution in [0.1, 0.15) is 21.4 Å². The van der Waals surface area contributed by atoms with Gasteiger partial charge in [-0.3, -0.25) is 0 Å². The molecule has 6 heteroatoms. The van der Waals surface area contributed by atoms with Gasteiger partial charge in [-0.2, -0.15) is 0 Å². The zero-order valence-corrected chi connectivity index (χ0v) is 13.8. The zero-order valence-electron chi connectivity index (χ0n) is 10.6. The SMILES string of the molecule is Cc1cc(Br)c(C(N)c2ccc(S(C)(=O)=O)cc2)s1. The number of hydrogen-bond donors (Lipinski definition) is 1. The Kier molecular flexibility index (Phi) is 4.15. The molecule has 2 N–H and O–H groups in total. The van der Waals surface area contributed by atoms with Crippen LogP contribution < -0.4 is 5.73 Å². The minimum atomic E-state index is -3.16. The summed E-state index contributed by atoms with van der Waals surface area (Å²) in [6.07, 6.45) is 1.20. The van der Waals surface area contributed by atoms with Gasteiger partial charge >= 0.3 is 0 Å². The molecule has 0 aliphatic carbocycles. The number of halogens is 1. The Balaban J connectivity index is 2.35. The van der Waals surface area contributed by atoms with Gasteiger partial charge in [0.1, 0.15) is 0 Å². The Labute approximate surface area is 125 Å². The number of nitrogens with two attached hydrogens (primary N) is 1. The fourth-order valence-corrected chi connectivity index (χ4v) is 4.34. The molecule has 0 saturated heterocycles. The summed E-state index contributed by atoms with van der Waals surface area (Å²) in [5, 5.41) is 0. The number of benzene rings is 1. The lowest BCUT2D eigenvalue weighted by atomic mass is 10.1. The van der Waals surface area contributed by atoms with E-state index in [0.717, 1.165) is 14.9 Å². The van der Waals surface area contributed by atoms with Gasteiger partial charge in [-0.25, -0.2) is 8.42 Å². The number of hydrogen-bond acceptors (Lipinski definition) is 4. The van der Waals surface area contributed by atoms with Crippen molar-refractivity contribution in [2.24, 2.45) is 5.73 Å². The smallest absolute Gasteiger partial charge is 0.175 e. The molecule has 0 radical (unpaired) electrons. The first-order valence-corrected chi connectivity index (χ1v) is 9.10. The first-order chi connectivity index (χ1) is 8.79. The molecular weight excluding hydrogens is 346 g/mol. The summed E-state index contributed by atoms with van der Waals surface area (Å²) in [5.41, 5.74) is 7.12. The van der Waals surface area contributed by atoms with E-state index in [1.807, 2.05) is 13.0 Å². The first-order valence-electron chi connectivity index (χ1n) is 5.60. The molecule has 1 aromatic heterocycles. The maximum atomic E-state index is 11.4. The molecule has 19 heavy (non-hydrogen) atoms. The second-order valence-corrected chi connectivity index (χ2v) is 8.55. The highest BCUT2D eigenvalue weighted by Crippen LogP contribution is 2.34. The molecule has 102 valence electrons. The molecule has 1 aromatic carbocycles. The van der Waals surface area contributed by atoms with E-state index in [0.29, 0.717) is 4.90 Å². The van der Waals surface area contributed by atoms with Gasteiger partial charge in [0.15, 0.2) is 9.84 Å². The fourth-order valence-electron chi connectivity index (χ4n) is 1.79. The number of thiophene rings is 1. The molecule has 0 spiro atoms. The molecule has 0 aliphatic rings. The van der Waals surface area contributed by atoms with Crippen LogP contribution >= 0.6 is 27.3 Å². The van der Waals surface area contributed by atoms with Crippen molar-refractivity contribution in [3.05, 3.63) is 50.1 Å². The predicted molar refractivity (Wildman–Crippen MR) is 82.3 cm³/mol. The Bertz CT molecular complexity index is 690. The number of rotatable bonds is 3. The zero-order chi connectivity index (χ0) is 14.2. The van der Waals surface area contributed by atoms with Crippen molar-refractivity contribution >= 4 is 37.1 Å². The standard InChI is InChI=1S/C13H14BrNO2S2/c1-8-7-11(14)13(18-8)12(15)9-3-5-10(6-4-9)19(2,16)17/h3-7,12H,15H2,1-2H3. The molecule has 0 amide bonds. The molecule has 0 saturated carbocycles. The largest absolute Gasteiger partial charge is 0.320 e. The van der Waals surface area contributed by atoms with Crippen LogP contribution in [0.5, 0.6) is 0 Å².